The molecule has 0 radical (unpaired) electrons. The van der Waals surface area contributed by atoms with Crippen molar-refractivity contribution in [2.24, 2.45) is 5.10 Å². The third-order valence-electron chi connectivity index (χ3n) is 3.98. The first-order chi connectivity index (χ1) is 11.2. The lowest BCUT2D eigenvalue weighted by Gasteiger charge is -2.24. The van der Waals surface area contributed by atoms with E-state index in [1.54, 1.807) is 12.1 Å². The van der Waals surface area contributed by atoms with E-state index in [-0.39, 0.29) is 5.91 Å². The van der Waals surface area contributed by atoms with Crippen molar-refractivity contribution in [3.05, 3.63) is 65.2 Å². The molecule has 4 nitrogen and oxygen atoms in total. The van der Waals surface area contributed by atoms with Gasteiger partial charge in [-0.2, -0.15) is 5.10 Å². The van der Waals surface area contributed by atoms with Crippen LogP contribution in [-0.2, 0) is 0 Å². The molecule has 0 aliphatic carbocycles. The predicted octanol–water partition coefficient (Wildman–Crippen LogP) is 3.64. The van der Waals surface area contributed by atoms with Gasteiger partial charge in [0.25, 0.3) is 5.91 Å². The zero-order valence-electron chi connectivity index (χ0n) is 13.5. The Balaban J connectivity index is 1.82. The fraction of sp³-hybridized carbons (Fsp3) is 0.263. The summed E-state index contributed by atoms with van der Waals surface area (Å²) in [6.45, 7) is 2.67. The van der Waals surface area contributed by atoms with Gasteiger partial charge in [-0.1, -0.05) is 17.7 Å². The van der Waals surface area contributed by atoms with Crippen LogP contribution in [0.1, 0.15) is 34.3 Å². The molecule has 0 aromatic heterocycles. The maximum Gasteiger partial charge on any atom is 0.273 e. The van der Waals surface area contributed by atoms with Crippen LogP contribution in [0.4, 0.5) is 0 Å². The molecule has 118 valence electrons. The number of aryl methyl sites for hydroxylation is 1. The number of carbonyl (C=O) groups excluding carboxylic acids is 1. The summed E-state index contributed by atoms with van der Waals surface area (Å²) in [6, 6.07) is 15.4. The zero-order chi connectivity index (χ0) is 16.2. The number of methoxy groups -OCH3 is 1. The SMILES string of the molecule is COc1ccc(C2=NN(C(=O)c3ccc(C)cc3)CCC2)cc1. The first kappa shape index (κ1) is 15.3. The van der Waals surface area contributed by atoms with Gasteiger partial charge in [0.05, 0.1) is 12.8 Å². The van der Waals surface area contributed by atoms with Crippen molar-refractivity contribution in [2.75, 3.05) is 13.7 Å². The van der Waals surface area contributed by atoms with Crippen LogP contribution in [0.2, 0.25) is 0 Å². The Morgan fingerprint density at radius 1 is 1.09 bits per heavy atom. The molecule has 0 bridgehead atoms. The molecular weight excluding hydrogens is 288 g/mol. The Morgan fingerprint density at radius 2 is 1.78 bits per heavy atom. The fourth-order valence-corrected chi connectivity index (χ4v) is 2.62. The minimum Gasteiger partial charge on any atom is -0.497 e. The van der Waals surface area contributed by atoms with E-state index < -0.39 is 0 Å². The highest BCUT2D eigenvalue weighted by atomic mass is 16.5. The number of hydrazone groups is 1. The summed E-state index contributed by atoms with van der Waals surface area (Å²) in [5.41, 5.74) is 3.80. The number of hydrogen-bond acceptors (Lipinski definition) is 3. The Labute approximate surface area is 136 Å². The van der Waals surface area contributed by atoms with Gasteiger partial charge in [-0.05, 0) is 61.7 Å². The number of carbonyl (C=O) groups is 1. The maximum atomic E-state index is 12.6. The first-order valence-corrected chi connectivity index (χ1v) is 7.78. The van der Waals surface area contributed by atoms with Crippen LogP contribution < -0.4 is 4.74 Å². The Morgan fingerprint density at radius 3 is 2.43 bits per heavy atom. The van der Waals surface area contributed by atoms with Gasteiger partial charge in [0.1, 0.15) is 5.75 Å². The van der Waals surface area contributed by atoms with Crippen LogP contribution >= 0.6 is 0 Å². The average Bonchev–Trinajstić information content (AvgIpc) is 2.62. The summed E-state index contributed by atoms with van der Waals surface area (Å²) in [6.07, 6.45) is 1.80. The summed E-state index contributed by atoms with van der Waals surface area (Å²) in [7, 11) is 1.65. The maximum absolute atomic E-state index is 12.6. The number of nitrogens with zero attached hydrogens (tertiary/aromatic N) is 2. The molecule has 0 N–H and O–H groups in total. The largest absolute Gasteiger partial charge is 0.497 e. The van der Waals surface area contributed by atoms with Crippen LogP contribution in [0.3, 0.4) is 0 Å². The van der Waals surface area contributed by atoms with E-state index in [0.29, 0.717) is 12.1 Å². The van der Waals surface area contributed by atoms with Crippen LogP contribution in [0.15, 0.2) is 53.6 Å². The summed E-state index contributed by atoms with van der Waals surface area (Å²) in [5, 5.41) is 6.14. The lowest BCUT2D eigenvalue weighted by Crippen LogP contribution is -2.32. The molecule has 0 fully saturated rings. The van der Waals surface area contributed by atoms with E-state index in [1.165, 1.54) is 0 Å². The third kappa shape index (κ3) is 3.42. The van der Waals surface area contributed by atoms with Gasteiger partial charge in [-0.25, -0.2) is 5.01 Å². The molecule has 1 amide bonds. The zero-order valence-corrected chi connectivity index (χ0v) is 13.5. The normalized spacial score (nSPS) is 14.3. The minimum atomic E-state index is -0.0456. The fourth-order valence-electron chi connectivity index (χ4n) is 2.62. The van der Waals surface area contributed by atoms with E-state index >= 15 is 0 Å². The Kier molecular flexibility index (Phi) is 4.42. The van der Waals surface area contributed by atoms with Crippen LogP contribution in [0.25, 0.3) is 0 Å². The third-order valence-corrected chi connectivity index (χ3v) is 3.98. The summed E-state index contributed by atoms with van der Waals surface area (Å²) < 4.78 is 5.18. The molecule has 1 heterocycles. The monoisotopic (exact) mass is 308 g/mol. The molecule has 0 unspecified atom stereocenters. The molecule has 0 saturated heterocycles. The standard InChI is InChI=1S/C19H20N2O2/c1-14-5-7-16(8-6-14)19(22)21-13-3-4-18(20-21)15-9-11-17(23-2)12-10-15/h5-12H,3-4,13H2,1-2H3. The molecule has 4 heteroatoms. The summed E-state index contributed by atoms with van der Waals surface area (Å²) in [4.78, 5) is 12.6. The van der Waals surface area contributed by atoms with Gasteiger partial charge in [-0.3, -0.25) is 4.79 Å². The molecule has 0 atom stereocenters. The van der Waals surface area contributed by atoms with Crippen molar-refractivity contribution in [2.45, 2.75) is 19.8 Å². The predicted molar refractivity (Wildman–Crippen MR) is 91.0 cm³/mol. The number of amides is 1. The second-order valence-electron chi connectivity index (χ2n) is 5.67. The Bertz CT molecular complexity index is 718. The van der Waals surface area contributed by atoms with Crippen molar-refractivity contribution in [1.82, 2.24) is 5.01 Å². The number of hydrogen-bond donors (Lipinski definition) is 0. The van der Waals surface area contributed by atoms with Crippen molar-refractivity contribution < 1.29 is 9.53 Å². The molecule has 23 heavy (non-hydrogen) atoms. The van der Waals surface area contributed by atoms with Gasteiger partial charge in [-0.15, -0.1) is 0 Å². The molecule has 2 aromatic rings. The second-order valence-corrected chi connectivity index (χ2v) is 5.67. The lowest BCUT2D eigenvalue weighted by atomic mass is 10.0. The topological polar surface area (TPSA) is 41.9 Å². The van der Waals surface area contributed by atoms with E-state index in [9.17, 15) is 4.79 Å². The van der Waals surface area contributed by atoms with E-state index in [4.69, 9.17) is 4.74 Å². The van der Waals surface area contributed by atoms with Gasteiger partial charge in [0.15, 0.2) is 0 Å². The Hall–Kier alpha value is -2.62. The lowest BCUT2D eigenvalue weighted by molar-refractivity contribution is 0.0751. The highest BCUT2D eigenvalue weighted by Crippen LogP contribution is 2.19. The minimum absolute atomic E-state index is 0.0456. The van der Waals surface area contributed by atoms with E-state index in [2.05, 4.69) is 5.10 Å². The van der Waals surface area contributed by atoms with Crippen molar-refractivity contribution in [3.8, 4) is 5.75 Å². The van der Waals surface area contributed by atoms with E-state index in [0.717, 1.165) is 35.4 Å². The van der Waals surface area contributed by atoms with Gasteiger partial charge in [0, 0.05) is 12.1 Å². The molecule has 3 rings (SSSR count). The highest BCUT2D eigenvalue weighted by molar-refractivity contribution is 6.03. The average molecular weight is 308 g/mol. The summed E-state index contributed by atoms with van der Waals surface area (Å²) in [5.74, 6) is 0.772. The molecule has 1 aliphatic heterocycles. The highest BCUT2D eigenvalue weighted by Gasteiger charge is 2.20. The quantitative estimate of drug-likeness (QED) is 0.868. The number of ether oxygens (including phenoxy) is 1. The summed E-state index contributed by atoms with van der Waals surface area (Å²) >= 11 is 0. The smallest absolute Gasteiger partial charge is 0.273 e. The van der Waals surface area contributed by atoms with Crippen LogP contribution in [0.5, 0.6) is 5.75 Å². The number of benzene rings is 2. The molecule has 2 aromatic carbocycles. The van der Waals surface area contributed by atoms with Crippen LogP contribution in [-0.4, -0.2) is 30.3 Å². The van der Waals surface area contributed by atoms with Gasteiger partial charge >= 0.3 is 0 Å². The molecule has 1 aliphatic rings. The van der Waals surface area contributed by atoms with Crippen molar-refractivity contribution >= 4 is 11.6 Å². The number of rotatable bonds is 3. The van der Waals surface area contributed by atoms with Gasteiger partial charge in [0.2, 0.25) is 0 Å². The molecule has 0 spiro atoms. The molecule has 0 saturated carbocycles. The van der Waals surface area contributed by atoms with Gasteiger partial charge < -0.3 is 4.74 Å². The molecular formula is C19H20N2O2. The second kappa shape index (κ2) is 6.65. The van der Waals surface area contributed by atoms with Crippen LogP contribution in [0, 0.1) is 6.92 Å². The van der Waals surface area contributed by atoms with Crippen molar-refractivity contribution in [1.29, 1.82) is 0 Å². The van der Waals surface area contributed by atoms with Crippen molar-refractivity contribution in [3.63, 3.8) is 0 Å². The first-order valence-electron chi connectivity index (χ1n) is 7.78. The van der Waals surface area contributed by atoms with E-state index in [1.807, 2.05) is 55.5 Å².